The summed E-state index contributed by atoms with van der Waals surface area (Å²) in [6.45, 7) is 9.87. The first kappa shape index (κ1) is 25.8. The van der Waals surface area contributed by atoms with E-state index in [2.05, 4.69) is 6.92 Å². The third kappa shape index (κ3) is 13.5. The molecule has 0 aromatic rings. The predicted molar refractivity (Wildman–Crippen MR) is 97.2 cm³/mol. The Morgan fingerprint density at radius 3 is 1.72 bits per heavy atom. The van der Waals surface area contributed by atoms with Crippen LogP contribution in [0.4, 0.5) is 0 Å². The second kappa shape index (κ2) is 16.1. The average molecular weight is 360 g/mol. The van der Waals surface area contributed by atoms with Gasteiger partial charge in [-0.1, -0.05) is 40.5 Å². The lowest BCUT2D eigenvalue weighted by molar-refractivity contribution is -0.168. The average Bonchev–Trinajstić information content (AvgIpc) is 2.56. The molecule has 0 amide bonds. The fraction of sp³-hybridized carbons (Fsp3) is 0.842. The fourth-order valence-electron chi connectivity index (χ4n) is 1.64. The molecule has 0 rings (SSSR count). The Kier molecular flexibility index (Phi) is 16.6. The number of carbonyl (C=O) groups is 3. The summed E-state index contributed by atoms with van der Waals surface area (Å²) in [5.41, 5.74) is -1.98. The second-order valence-corrected chi connectivity index (χ2v) is 6.06. The van der Waals surface area contributed by atoms with Gasteiger partial charge in [0, 0.05) is 12.8 Å². The topological polar surface area (TPSA) is 89.9 Å². The molecule has 0 fully saturated rings. The van der Waals surface area contributed by atoms with E-state index in [0.29, 0.717) is 19.4 Å². The van der Waals surface area contributed by atoms with Gasteiger partial charge < -0.3 is 14.6 Å². The summed E-state index contributed by atoms with van der Waals surface area (Å²) in [6, 6.07) is 0. The minimum atomic E-state index is -1.98. The predicted octanol–water partition coefficient (Wildman–Crippen LogP) is 3.58. The van der Waals surface area contributed by atoms with Crippen LogP contribution < -0.4 is 0 Å². The van der Waals surface area contributed by atoms with Crippen molar-refractivity contribution in [2.75, 3.05) is 13.2 Å². The van der Waals surface area contributed by atoms with Crippen LogP contribution in [0.25, 0.3) is 0 Å². The fourth-order valence-corrected chi connectivity index (χ4v) is 1.64. The van der Waals surface area contributed by atoms with Crippen molar-refractivity contribution in [1.82, 2.24) is 0 Å². The van der Waals surface area contributed by atoms with E-state index in [9.17, 15) is 19.5 Å². The summed E-state index contributed by atoms with van der Waals surface area (Å²) >= 11 is 0. The minimum Gasteiger partial charge on any atom is -0.466 e. The molecule has 0 aliphatic heterocycles. The molecule has 1 unspecified atom stereocenters. The van der Waals surface area contributed by atoms with Gasteiger partial charge in [-0.25, -0.2) is 4.79 Å². The molecule has 0 bridgehead atoms. The monoisotopic (exact) mass is 360 g/mol. The van der Waals surface area contributed by atoms with Gasteiger partial charge in [0.15, 0.2) is 5.78 Å². The molecule has 0 saturated carbocycles. The number of unbranched alkanes of at least 4 members (excludes halogenated alkanes) is 2. The van der Waals surface area contributed by atoms with Gasteiger partial charge in [0.2, 0.25) is 5.60 Å². The van der Waals surface area contributed by atoms with Gasteiger partial charge in [0.1, 0.15) is 0 Å². The van der Waals surface area contributed by atoms with Crippen molar-refractivity contribution < 1.29 is 29.0 Å². The first-order valence-electron chi connectivity index (χ1n) is 9.36. The lowest BCUT2D eigenvalue weighted by Crippen LogP contribution is -2.44. The third-order valence-corrected chi connectivity index (χ3v) is 3.36. The molecule has 6 heteroatoms. The van der Waals surface area contributed by atoms with Crippen LogP contribution in [0.3, 0.4) is 0 Å². The number of Topliss-reactive ketones (excluding diaryl/α,β-unsaturated/α-hetero) is 1. The van der Waals surface area contributed by atoms with E-state index in [0.717, 1.165) is 32.1 Å². The van der Waals surface area contributed by atoms with E-state index >= 15 is 0 Å². The van der Waals surface area contributed by atoms with E-state index in [1.165, 1.54) is 6.92 Å². The van der Waals surface area contributed by atoms with Crippen LogP contribution in [0.1, 0.15) is 86.0 Å². The molecule has 0 saturated heterocycles. The lowest BCUT2D eigenvalue weighted by atomic mass is 9.98. The zero-order chi connectivity index (χ0) is 19.7. The maximum Gasteiger partial charge on any atom is 0.345 e. The Hall–Kier alpha value is -1.43. The van der Waals surface area contributed by atoms with Gasteiger partial charge in [-0.05, 0) is 32.6 Å². The highest BCUT2D eigenvalue weighted by Gasteiger charge is 2.39. The van der Waals surface area contributed by atoms with Crippen molar-refractivity contribution in [2.45, 2.75) is 91.6 Å². The lowest BCUT2D eigenvalue weighted by Gasteiger charge is -2.19. The van der Waals surface area contributed by atoms with Crippen LogP contribution in [0.2, 0.25) is 0 Å². The Balaban J connectivity index is 0. The van der Waals surface area contributed by atoms with Gasteiger partial charge in [-0.3, -0.25) is 9.59 Å². The number of hydrogen-bond donors (Lipinski definition) is 1. The van der Waals surface area contributed by atoms with Crippen molar-refractivity contribution in [2.24, 2.45) is 0 Å². The standard InChI is InChI=1S/C11H20O4.C8H16O2/c1-4-6-8-15-10(13)11(3,14)9(12)7-5-2;1-3-5-7-10-8(9)6-4-2/h14H,4-8H2,1-3H3;3-7H2,1-2H3. The highest BCUT2D eigenvalue weighted by molar-refractivity contribution is 6.06. The van der Waals surface area contributed by atoms with Crippen molar-refractivity contribution >= 4 is 17.7 Å². The Labute approximate surface area is 152 Å². The maximum atomic E-state index is 11.4. The molecule has 25 heavy (non-hydrogen) atoms. The summed E-state index contributed by atoms with van der Waals surface area (Å²) in [6.07, 6.45) is 5.94. The first-order valence-corrected chi connectivity index (χ1v) is 9.36. The van der Waals surface area contributed by atoms with Crippen molar-refractivity contribution in [3.63, 3.8) is 0 Å². The maximum absolute atomic E-state index is 11.4. The zero-order valence-corrected chi connectivity index (χ0v) is 16.6. The van der Waals surface area contributed by atoms with Crippen molar-refractivity contribution in [3.05, 3.63) is 0 Å². The van der Waals surface area contributed by atoms with Gasteiger partial charge in [-0.15, -0.1) is 0 Å². The van der Waals surface area contributed by atoms with E-state index < -0.39 is 17.4 Å². The van der Waals surface area contributed by atoms with Crippen LogP contribution in [-0.4, -0.2) is 41.6 Å². The molecule has 1 N–H and O–H groups in total. The molecule has 0 aliphatic carbocycles. The van der Waals surface area contributed by atoms with Gasteiger partial charge >= 0.3 is 11.9 Å². The number of esters is 2. The highest BCUT2D eigenvalue weighted by Crippen LogP contribution is 2.12. The Morgan fingerprint density at radius 1 is 0.800 bits per heavy atom. The Morgan fingerprint density at radius 2 is 1.28 bits per heavy atom. The molecule has 1 atom stereocenters. The summed E-state index contributed by atoms with van der Waals surface area (Å²) in [7, 11) is 0. The SMILES string of the molecule is CCCCOC(=O)C(C)(O)C(=O)CCC.CCCCOC(=O)CCC. The molecule has 0 radical (unpaired) electrons. The number of aliphatic hydroxyl groups is 1. The summed E-state index contributed by atoms with van der Waals surface area (Å²) < 4.78 is 9.69. The van der Waals surface area contributed by atoms with E-state index in [-0.39, 0.29) is 19.0 Å². The molecule has 6 nitrogen and oxygen atoms in total. The van der Waals surface area contributed by atoms with Crippen molar-refractivity contribution in [3.8, 4) is 0 Å². The highest BCUT2D eigenvalue weighted by atomic mass is 16.6. The van der Waals surface area contributed by atoms with E-state index in [1.54, 1.807) is 0 Å². The minimum absolute atomic E-state index is 0.0593. The van der Waals surface area contributed by atoms with Gasteiger partial charge in [0.25, 0.3) is 0 Å². The number of hydrogen-bond acceptors (Lipinski definition) is 6. The molecular formula is C19H36O6. The van der Waals surface area contributed by atoms with Crippen LogP contribution in [0.15, 0.2) is 0 Å². The smallest absolute Gasteiger partial charge is 0.345 e. The van der Waals surface area contributed by atoms with E-state index in [1.807, 2.05) is 20.8 Å². The van der Waals surface area contributed by atoms with Gasteiger partial charge in [-0.2, -0.15) is 0 Å². The number of rotatable bonds is 12. The molecule has 0 aliphatic rings. The molecule has 0 heterocycles. The van der Waals surface area contributed by atoms with E-state index in [4.69, 9.17) is 9.47 Å². The normalized spacial score (nSPS) is 12.4. The van der Waals surface area contributed by atoms with Crippen LogP contribution in [-0.2, 0) is 23.9 Å². The number of carbonyl (C=O) groups excluding carboxylic acids is 3. The number of ether oxygens (including phenoxy) is 2. The molecule has 0 spiro atoms. The summed E-state index contributed by atoms with van der Waals surface area (Å²) in [5, 5.41) is 9.66. The zero-order valence-electron chi connectivity index (χ0n) is 16.6. The number of ketones is 1. The second-order valence-electron chi connectivity index (χ2n) is 6.06. The molecule has 0 aromatic heterocycles. The Bertz CT molecular complexity index is 376. The van der Waals surface area contributed by atoms with Crippen LogP contribution >= 0.6 is 0 Å². The molecule has 148 valence electrons. The largest absolute Gasteiger partial charge is 0.466 e. The summed E-state index contributed by atoms with van der Waals surface area (Å²) in [5.74, 6) is -1.38. The molecular weight excluding hydrogens is 324 g/mol. The van der Waals surface area contributed by atoms with Gasteiger partial charge in [0.05, 0.1) is 13.2 Å². The van der Waals surface area contributed by atoms with Crippen LogP contribution in [0.5, 0.6) is 0 Å². The third-order valence-electron chi connectivity index (χ3n) is 3.36. The first-order chi connectivity index (χ1) is 11.8. The quantitative estimate of drug-likeness (QED) is 0.325. The molecule has 0 aromatic carbocycles. The summed E-state index contributed by atoms with van der Waals surface area (Å²) in [4.78, 5) is 33.4. The van der Waals surface area contributed by atoms with Crippen molar-refractivity contribution in [1.29, 1.82) is 0 Å². The van der Waals surface area contributed by atoms with Crippen LogP contribution in [0, 0.1) is 0 Å².